The second kappa shape index (κ2) is 37.3. The Labute approximate surface area is 293 Å². The van der Waals surface area contributed by atoms with Crippen molar-refractivity contribution in [3.8, 4) is 0 Å². The Morgan fingerprint density at radius 3 is 0.837 bits per heavy atom. The summed E-state index contributed by atoms with van der Waals surface area (Å²) < 4.78 is 37.6. The Balaban J connectivity index is 0. The zero-order chi connectivity index (χ0) is 30.8. The molecule has 254 valence electrons. The molecule has 0 aliphatic rings. The van der Waals surface area contributed by atoms with Gasteiger partial charge in [-0.1, -0.05) is 213 Å². The topological polar surface area (TPSA) is 66.4 Å². The van der Waals surface area contributed by atoms with Gasteiger partial charge in [-0.2, -0.15) is 0 Å². The number of rotatable bonds is 36. The smallest absolute Gasteiger partial charge is 0.726 e. The molecular weight excluding hydrogens is 563 g/mol. The largest absolute Gasteiger partial charge is 1.00 e. The molecule has 0 heterocycles. The van der Waals surface area contributed by atoms with Crippen LogP contribution in [0.15, 0.2) is 0 Å². The fourth-order valence-electron chi connectivity index (χ4n) is 6.28. The minimum atomic E-state index is -4.59. The van der Waals surface area contributed by atoms with E-state index in [4.69, 9.17) is 0 Å². The molecule has 0 saturated carbocycles. The van der Waals surface area contributed by atoms with Gasteiger partial charge in [0.15, 0.2) is 0 Å². The third-order valence-corrected chi connectivity index (χ3v) is 9.55. The van der Waals surface area contributed by atoms with E-state index in [1.165, 1.54) is 186 Å². The van der Waals surface area contributed by atoms with Crippen LogP contribution in [0.25, 0.3) is 0 Å². The van der Waals surface area contributed by atoms with Crippen molar-refractivity contribution >= 4 is 10.4 Å². The third-order valence-electron chi connectivity index (χ3n) is 9.13. The molecule has 1 atom stereocenters. The van der Waals surface area contributed by atoms with E-state index >= 15 is 0 Å². The van der Waals surface area contributed by atoms with Crippen molar-refractivity contribution in [2.75, 3.05) is 6.61 Å². The Kier molecular flexibility index (Phi) is 39.9. The van der Waals surface area contributed by atoms with Crippen LogP contribution in [-0.2, 0) is 14.6 Å². The van der Waals surface area contributed by atoms with Gasteiger partial charge < -0.3 is 4.55 Å². The minimum Gasteiger partial charge on any atom is -0.726 e. The molecule has 0 rings (SSSR count). The van der Waals surface area contributed by atoms with Crippen LogP contribution in [0.2, 0.25) is 0 Å². The monoisotopic (exact) mass is 639 g/mol. The summed E-state index contributed by atoms with van der Waals surface area (Å²) in [4.78, 5) is 0. The summed E-state index contributed by atoms with van der Waals surface area (Å²) >= 11 is 0. The summed E-state index contributed by atoms with van der Waals surface area (Å²) in [5.74, 6) is 0.197. The molecule has 0 fully saturated rings. The molecule has 0 bridgehead atoms. The van der Waals surface area contributed by atoms with Crippen molar-refractivity contribution in [3.63, 3.8) is 0 Å². The van der Waals surface area contributed by atoms with Crippen molar-refractivity contribution in [1.82, 2.24) is 0 Å². The Morgan fingerprint density at radius 2 is 0.628 bits per heavy atom. The summed E-state index contributed by atoms with van der Waals surface area (Å²) in [6, 6.07) is 0. The van der Waals surface area contributed by atoms with Gasteiger partial charge in [-0.25, -0.2) is 8.42 Å². The fraction of sp³-hybridized carbons (Fsp3) is 1.00. The molecule has 0 radical (unpaired) electrons. The van der Waals surface area contributed by atoms with Gasteiger partial charge >= 0.3 is 29.6 Å². The zero-order valence-corrected chi connectivity index (χ0v) is 32.5. The molecule has 1 unspecified atom stereocenters. The van der Waals surface area contributed by atoms with Gasteiger partial charge in [0.1, 0.15) is 0 Å². The first kappa shape index (κ1) is 46.0. The van der Waals surface area contributed by atoms with Gasteiger partial charge in [-0.3, -0.25) is 4.18 Å². The van der Waals surface area contributed by atoms with Crippen LogP contribution in [0.3, 0.4) is 0 Å². The van der Waals surface area contributed by atoms with Crippen LogP contribution >= 0.6 is 0 Å². The predicted molar refractivity (Wildman–Crippen MR) is 183 cm³/mol. The van der Waals surface area contributed by atoms with E-state index < -0.39 is 10.4 Å². The first-order chi connectivity index (χ1) is 20.5. The van der Waals surface area contributed by atoms with Crippen LogP contribution in [-0.4, -0.2) is 19.6 Å². The zero-order valence-electron chi connectivity index (χ0n) is 29.7. The first-order valence-corrected chi connectivity index (χ1v) is 20.4. The molecule has 0 amide bonds. The maximum atomic E-state index is 11.0. The molecule has 0 aliphatic carbocycles. The molecule has 43 heavy (non-hydrogen) atoms. The predicted octanol–water partition coefficient (Wildman–Crippen LogP) is 10.00. The summed E-state index contributed by atoms with van der Waals surface area (Å²) in [6.45, 7) is 4.63. The normalized spacial score (nSPS) is 12.4. The second-order valence-electron chi connectivity index (χ2n) is 13.4. The molecule has 0 spiro atoms. The standard InChI is InChI=1S/C37H76O4S.Na/c1-3-5-7-9-11-13-15-17-19-21-23-25-27-29-31-33-35-37(36-41-42(38,39)40)34-32-30-28-26-24-22-20-18-16-14-12-10-8-6-4-2;/h37H,3-36H2,1-2H3,(H,38,39,40);/q;+1/p-1. The van der Waals surface area contributed by atoms with Crippen LogP contribution in [0.4, 0.5) is 0 Å². The van der Waals surface area contributed by atoms with E-state index in [0.717, 1.165) is 25.7 Å². The summed E-state index contributed by atoms with van der Waals surface area (Å²) in [7, 11) is -4.59. The summed E-state index contributed by atoms with van der Waals surface area (Å²) in [5.41, 5.74) is 0. The van der Waals surface area contributed by atoms with Crippen LogP contribution in [0, 0.1) is 5.92 Å². The van der Waals surface area contributed by atoms with Gasteiger partial charge in [0, 0.05) is 0 Å². The molecule has 0 N–H and O–H groups in total. The minimum absolute atomic E-state index is 0. The molecule has 6 heteroatoms. The molecule has 0 aliphatic heterocycles. The molecular formula is C37H75NaO4S. The van der Waals surface area contributed by atoms with E-state index in [9.17, 15) is 13.0 Å². The van der Waals surface area contributed by atoms with Crippen molar-refractivity contribution in [1.29, 1.82) is 0 Å². The van der Waals surface area contributed by atoms with E-state index in [0.29, 0.717) is 0 Å². The second-order valence-corrected chi connectivity index (χ2v) is 14.4. The van der Waals surface area contributed by atoms with Gasteiger partial charge in [0.25, 0.3) is 0 Å². The number of hydrogen-bond acceptors (Lipinski definition) is 4. The third kappa shape index (κ3) is 40.8. The van der Waals surface area contributed by atoms with Gasteiger partial charge in [-0.05, 0) is 18.8 Å². The summed E-state index contributed by atoms with van der Waals surface area (Å²) in [6.07, 6.45) is 43.9. The van der Waals surface area contributed by atoms with Crippen LogP contribution < -0.4 is 29.6 Å². The molecule has 0 saturated heterocycles. The van der Waals surface area contributed by atoms with E-state index in [1.54, 1.807) is 0 Å². The van der Waals surface area contributed by atoms with Crippen molar-refractivity contribution in [2.45, 2.75) is 226 Å². The maximum absolute atomic E-state index is 11.0. The molecule has 0 aromatic rings. The van der Waals surface area contributed by atoms with Gasteiger partial charge in [0.05, 0.1) is 6.61 Å². The number of unbranched alkanes of at least 4 members (excludes halogenated alkanes) is 29. The van der Waals surface area contributed by atoms with Crippen molar-refractivity contribution in [3.05, 3.63) is 0 Å². The van der Waals surface area contributed by atoms with Crippen molar-refractivity contribution in [2.24, 2.45) is 5.92 Å². The molecule has 4 nitrogen and oxygen atoms in total. The first-order valence-electron chi connectivity index (χ1n) is 19.1. The SMILES string of the molecule is CCCCCCCCCCCCCCCCCCC(CCCCCCCCCCCCCCCCC)COS(=O)(=O)[O-].[Na+]. The van der Waals surface area contributed by atoms with Crippen LogP contribution in [0.5, 0.6) is 0 Å². The Bertz CT molecular complexity index is 614. The van der Waals surface area contributed by atoms with E-state index in [-0.39, 0.29) is 42.1 Å². The average molecular weight is 639 g/mol. The van der Waals surface area contributed by atoms with Crippen LogP contribution in [0.1, 0.15) is 226 Å². The average Bonchev–Trinajstić information content (AvgIpc) is 2.96. The quantitative estimate of drug-likeness (QED) is 0.0296. The molecule has 0 aromatic carbocycles. The van der Waals surface area contributed by atoms with Gasteiger partial charge in [0.2, 0.25) is 10.4 Å². The van der Waals surface area contributed by atoms with Gasteiger partial charge in [-0.15, -0.1) is 0 Å². The fourth-order valence-corrected chi connectivity index (χ4v) is 6.64. The number of hydrogen-bond donors (Lipinski definition) is 0. The Hall–Kier alpha value is 0.870. The van der Waals surface area contributed by atoms with E-state index in [1.807, 2.05) is 0 Å². The molecule has 0 aromatic heterocycles. The van der Waals surface area contributed by atoms with Crippen molar-refractivity contribution < 1.29 is 46.7 Å². The van der Waals surface area contributed by atoms with E-state index in [2.05, 4.69) is 18.0 Å². The maximum Gasteiger partial charge on any atom is 1.00 e. The Morgan fingerprint density at radius 1 is 0.419 bits per heavy atom. The summed E-state index contributed by atoms with van der Waals surface area (Å²) in [5, 5.41) is 0.